The van der Waals surface area contributed by atoms with E-state index < -0.39 is 23.8 Å². The quantitative estimate of drug-likeness (QED) is 0.372. The molecule has 92 valence electrons. The van der Waals surface area contributed by atoms with Gasteiger partial charge in [0.2, 0.25) is 0 Å². The fourth-order valence-corrected chi connectivity index (χ4v) is 0.999. The number of ether oxygens (including phenoxy) is 3. The Bertz CT molecular complexity index is 242. The van der Waals surface area contributed by atoms with E-state index in [0.29, 0.717) is 0 Å². The van der Waals surface area contributed by atoms with E-state index in [4.69, 9.17) is 0 Å². The maximum absolute atomic E-state index is 11.4. The van der Waals surface area contributed by atoms with Crippen LogP contribution in [0.3, 0.4) is 0 Å². The van der Waals surface area contributed by atoms with Crippen molar-refractivity contribution < 1.29 is 28.6 Å². The maximum atomic E-state index is 11.4. The summed E-state index contributed by atoms with van der Waals surface area (Å²) in [6.45, 7) is 3.49. The normalized spacial score (nSPS) is 9.75. The third-order valence-corrected chi connectivity index (χ3v) is 1.74. The Balaban J connectivity index is 4.55. The Morgan fingerprint density at radius 1 is 1.00 bits per heavy atom. The van der Waals surface area contributed by atoms with Gasteiger partial charge < -0.3 is 14.2 Å². The molecule has 0 saturated heterocycles. The Morgan fingerprint density at radius 2 is 1.44 bits per heavy atom. The van der Waals surface area contributed by atoms with Crippen LogP contribution in [0.15, 0.2) is 0 Å². The maximum Gasteiger partial charge on any atom is 0.320 e. The highest BCUT2D eigenvalue weighted by atomic mass is 16.6. The number of hydrogen-bond acceptors (Lipinski definition) is 6. The summed E-state index contributed by atoms with van der Waals surface area (Å²) in [5.74, 6) is -3.45. The molecular formula is C10H16O6. The summed E-state index contributed by atoms with van der Waals surface area (Å²) in [6, 6.07) is 0. The molecule has 0 heterocycles. The zero-order valence-corrected chi connectivity index (χ0v) is 9.65. The van der Waals surface area contributed by atoms with Crippen molar-refractivity contribution in [3.63, 3.8) is 0 Å². The first-order chi connectivity index (χ1) is 7.56. The molecule has 0 radical (unpaired) electrons. The summed E-state index contributed by atoms with van der Waals surface area (Å²) in [5, 5.41) is 0. The number of hydrogen-bond donors (Lipinski definition) is 0. The van der Waals surface area contributed by atoms with E-state index in [9.17, 15) is 14.4 Å². The molecule has 0 aliphatic carbocycles. The highest BCUT2D eigenvalue weighted by Crippen LogP contribution is 2.10. The number of carbonyl (C=O) groups excluding carboxylic acids is 3. The highest BCUT2D eigenvalue weighted by molar-refractivity contribution is 5.98. The number of carbonyl (C=O) groups is 3. The molecule has 0 rings (SSSR count). The van der Waals surface area contributed by atoms with Gasteiger partial charge in [-0.15, -0.1) is 0 Å². The zero-order chi connectivity index (χ0) is 12.6. The van der Waals surface area contributed by atoms with Crippen molar-refractivity contribution >= 4 is 17.9 Å². The van der Waals surface area contributed by atoms with Crippen molar-refractivity contribution in [2.24, 2.45) is 5.92 Å². The summed E-state index contributed by atoms with van der Waals surface area (Å²) in [6.07, 6.45) is -0.367. The molecule has 0 spiro atoms. The second-order valence-corrected chi connectivity index (χ2v) is 2.84. The van der Waals surface area contributed by atoms with Crippen LogP contribution in [0, 0.1) is 5.92 Å². The first-order valence-electron chi connectivity index (χ1n) is 4.96. The monoisotopic (exact) mass is 232 g/mol. The molecule has 0 aliphatic heterocycles. The van der Waals surface area contributed by atoms with Crippen molar-refractivity contribution in [3.8, 4) is 0 Å². The van der Waals surface area contributed by atoms with Crippen LogP contribution in [-0.4, -0.2) is 38.2 Å². The van der Waals surface area contributed by atoms with E-state index in [-0.39, 0.29) is 19.6 Å². The lowest BCUT2D eigenvalue weighted by atomic mass is 10.1. The van der Waals surface area contributed by atoms with Crippen LogP contribution < -0.4 is 0 Å². The molecule has 0 bridgehead atoms. The minimum Gasteiger partial charge on any atom is -0.469 e. The van der Waals surface area contributed by atoms with Gasteiger partial charge in [0.15, 0.2) is 5.92 Å². The number of methoxy groups -OCH3 is 1. The van der Waals surface area contributed by atoms with E-state index >= 15 is 0 Å². The van der Waals surface area contributed by atoms with Crippen LogP contribution in [0.2, 0.25) is 0 Å². The van der Waals surface area contributed by atoms with Crippen LogP contribution in [0.25, 0.3) is 0 Å². The summed E-state index contributed by atoms with van der Waals surface area (Å²) >= 11 is 0. The van der Waals surface area contributed by atoms with Gasteiger partial charge in [0, 0.05) is 0 Å². The average Bonchev–Trinajstić information content (AvgIpc) is 2.25. The van der Waals surface area contributed by atoms with Crippen molar-refractivity contribution in [1.82, 2.24) is 0 Å². The molecule has 0 fully saturated rings. The molecule has 6 nitrogen and oxygen atoms in total. The third kappa shape index (κ3) is 4.77. The van der Waals surface area contributed by atoms with Gasteiger partial charge in [0.05, 0.1) is 26.7 Å². The van der Waals surface area contributed by atoms with E-state index in [0.717, 1.165) is 0 Å². The minimum absolute atomic E-state index is 0.135. The molecule has 6 heteroatoms. The van der Waals surface area contributed by atoms with E-state index in [2.05, 4.69) is 14.2 Å². The van der Waals surface area contributed by atoms with Crippen LogP contribution in [0.1, 0.15) is 20.3 Å². The number of rotatable bonds is 6. The molecule has 0 N–H and O–H groups in total. The second-order valence-electron chi connectivity index (χ2n) is 2.84. The molecule has 0 aromatic rings. The van der Waals surface area contributed by atoms with E-state index in [1.165, 1.54) is 7.11 Å². The molecule has 0 amide bonds. The van der Waals surface area contributed by atoms with Crippen LogP contribution in [0.5, 0.6) is 0 Å². The molecule has 0 unspecified atom stereocenters. The van der Waals surface area contributed by atoms with Gasteiger partial charge in [-0.25, -0.2) is 0 Å². The Morgan fingerprint density at radius 3 is 1.75 bits per heavy atom. The molecular weight excluding hydrogens is 216 g/mol. The second kappa shape index (κ2) is 7.67. The fourth-order valence-electron chi connectivity index (χ4n) is 0.999. The Kier molecular flexibility index (Phi) is 6.91. The summed E-state index contributed by atoms with van der Waals surface area (Å²) in [5.41, 5.74) is 0. The lowest BCUT2D eigenvalue weighted by molar-refractivity contribution is -0.165. The van der Waals surface area contributed by atoms with Gasteiger partial charge in [-0.05, 0) is 13.8 Å². The minimum atomic E-state index is -1.24. The summed E-state index contributed by atoms with van der Waals surface area (Å²) in [7, 11) is 1.18. The molecule has 16 heavy (non-hydrogen) atoms. The molecule has 0 atom stereocenters. The van der Waals surface area contributed by atoms with E-state index in [1.54, 1.807) is 13.8 Å². The molecule has 0 saturated carbocycles. The van der Waals surface area contributed by atoms with Gasteiger partial charge >= 0.3 is 17.9 Å². The van der Waals surface area contributed by atoms with Crippen LogP contribution >= 0.6 is 0 Å². The lowest BCUT2D eigenvalue weighted by Gasteiger charge is -2.12. The summed E-state index contributed by atoms with van der Waals surface area (Å²) < 4.78 is 13.7. The van der Waals surface area contributed by atoms with Crippen molar-refractivity contribution in [3.05, 3.63) is 0 Å². The third-order valence-electron chi connectivity index (χ3n) is 1.74. The van der Waals surface area contributed by atoms with Crippen LogP contribution in [0.4, 0.5) is 0 Å². The topological polar surface area (TPSA) is 78.9 Å². The van der Waals surface area contributed by atoms with Gasteiger partial charge in [-0.1, -0.05) is 0 Å². The van der Waals surface area contributed by atoms with Gasteiger partial charge in [-0.3, -0.25) is 14.4 Å². The molecule has 0 aliphatic rings. The predicted octanol–water partition coefficient (Wildman–Crippen LogP) is 0.292. The standard InChI is InChI=1S/C10H16O6/c1-4-15-9(12)7(6-8(11)14-3)10(13)16-5-2/h7H,4-6H2,1-3H3. The Labute approximate surface area is 93.8 Å². The van der Waals surface area contributed by atoms with Gasteiger partial charge in [0.1, 0.15) is 0 Å². The van der Waals surface area contributed by atoms with Crippen LogP contribution in [-0.2, 0) is 28.6 Å². The van der Waals surface area contributed by atoms with E-state index in [1.807, 2.05) is 0 Å². The smallest absolute Gasteiger partial charge is 0.320 e. The lowest BCUT2D eigenvalue weighted by Crippen LogP contribution is -2.30. The van der Waals surface area contributed by atoms with Gasteiger partial charge in [-0.2, -0.15) is 0 Å². The SMILES string of the molecule is CCOC(=O)C(CC(=O)OC)C(=O)OCC. The zero-order valence-electron chi connectivity index (χ0n) is 9.65. The number of esters is 3. The average molecular weight is 232 g/mol. The first-order valence-corrected chi connectivity index (χ1v) is 4.96. The fraction of sp³-hybridized carbons (Fsp3) is 0.700. The van der Waals surface area contributed by atoms with Crippen molar-refractivity contribution in [2.75, 3.05) is 20.3 Å². The van der Waals surface area contributed by atoms with Gasteiger partial charge in [0.25, 0.3) is 0 Å². The Hall–Kier alpha value is -1.59. The predicted molar refractivity (Wildman–Crippen MR) is 53.4 cm³/mol. The highest BCUT2D eigenvalue weighted by Gasteiger charge is 2.32. The van der Waals surface area contributed by atoms with Crippen molar-refractivity contribution in [1.29, 1.82) is 0 Å². The molecule has 0 aromatic heterocycles. The summed E-state index contributed by atoms with van der Waals surface area (Å²) in [4.78, 5) is 33.8. The first kappa shape index (κ1) is 14.4. The largest absolute Gasteiger partial charge is 0.469 e. The van der Waals surface area contributed by atoms with Crippen molar-refractivity contribution in [2.45, 2.75) is 20.3 Å². The molecule has 0 aromatic carbocycles.